The summed E-state index contributed by atoms with van der Waals surface area (Å²) < 4.78 is 33.0. The summed E-state index contributed by atoms with van der Waals surface area (Å²) in [5.74, 6) is -1.07. The van der Waals surface area contributed by atoms with E-state index in [1.807, 2.05) is 0 Å². The van der Waals surface area contributed by atoms with E-state index >= 15 is 0 Å². The van der Waals surface area contributed by atoms with Gasteiger partial charge in [0.15, 0.2) is 0 Å². The molecular formula is C30H22CrN8NaO11S+. The van der Waals surface area contributed by atoms with E-state index in [0.717, 1.165) is 41.8 Å². The number of aromatic amines is 1. The summed E-state index contributed by atoms with van der Waals surface area (Å²) in [5, 5.41) is 74.0. The van der Waals surface area contributed by atoms with Crippen molar-refractivity contribution in [2.24, 2.45) is 20.5 Å². The maximum atomic E-state index is 11.7. The quantitative estimate of drug-likeness (QED) is 0.0385. The van der Waals surface area contributed by atoms with Crippen molar-refractivity contribution in [3.63, 3.8) is 0 Å². The van der Waals surface area contributed by atoms with E-state index < -0.39 is 41.9 Å². The van der Waals surface area contributed by atoms with E-state index in [-0.39, 0.29) is 99.1 Å². The zero-order chi connectivity index (χ0) is 36.3. The normalized spacial score (nSPS) is 11.2. The van der Waals surface area contributed by atoms with E-state index in [9.17, 15) is 53.3 Å². The summed E-state index contributed by atoms with van der Waals surface area (Å²) in [6.45, 7) is 1.56. The number of phenols is 3. The van der Waals surface area contributed by atoms with Gasteiger partial charge in [0.05, 0.1) is 9.85 Å². The van der Waals surface area contributed by atoms with Gasteiger partial charge in [0.2, 0.25) is 0 Å². The summed E-state index contributed by atoms with van der Waals surface area (Å²) in [6, 6.07) is 17.5. The first-order valence-corrected chi connectivity index (χ1v) is 15.2. The van der Waals surface area contributed by atoms with Crippen LogP contribution in [0.2, 0.25) is 0 Å². The van der Waals surface area contributed by atoms with Gasteiger partial charge in [0.1, 0.15) is 44.8 Å². The number of phenolic OH excluding ortho intramolecular Hbond substituents is 3. The van der Waals surface area contributed by atoms with Crippen molar-refractivity contribution in [2.75, 3.05) is 0 Å². The van der Waals surface area contributed by atoms with Crippen LogP contribution in [0.15, 0.2) is 109 Å². The molecule has 1 aromatic heterocycles. The molecule has 0 spiro atoms. The third kappa shape index (κ3) is 8.85. The van der Waals surface area contributed by atoms with Gasteiger partial charge in [0.25, 0.3) is 21.5 Å². The SMILES string of the molecule is Cc1n[nH]c(=O)[c-]1N=Nc1cc([N+](=O)[O-])ccc1O.O=[N+]([O-])c1ccc2c(N=Nc3c(O)ccc4ccccc34)c(O)cc(S(=O)(=O)O)c2c1.[Cr].[H+].[Na+]. The van der Waals surface area contributed by atoms with Crippen molar-refractivity contribution in [1.82, 2.24) is 10.2 Å². The average Bonchev–Trinajstić information content (AvgIpc) is 3.39. The Morgan fingerprint density at radius 3 is 2.00 bits per heavy atom. The monoisotopic (exact) mass is 777 g/mol. The zero-order valence-corrected chi connectivity index (χ0v) is 30.7. The maximum Gasteiger partial charge on any atom is 1.00 e. The van der Waals surface area contributed by atoms with Crippen molar-refractivity contribution in [3.8, 4) is 17.2 Å². The topological polar surface area (TPSA) is 297 Å². The molecule has 0 amide bonds. The van der Waals surface area contributed by atoms with Crippen LogP contribution in [0.1, 0.15) is 7.12 Å². The van der Waals surface area contributed by atoms with Gasteiger partial charge in [-0.25, -0.2) is 5.10 Å². The van der Waals surface area contributed by atoms with Gasteiger partial charge in [-0.3, -0.25) is 29.9 Å². The molecule has 1 heterocycles. The molecule has 6 rings (SSSR count). The van der Waals surface area contributed by atoms with Crippen molar-refractivity contribution in [3.05, 3.63) is 115 Å². The molecule has 5 N–H and O–H groups in total. The van der Waals surface area contributed by atoms with Gasteiger partial charge in [-0.1, -0.05) is 42.9 Å². The Morgan fingerprint density at radius 1 is 0.788 bits per heavy atom. The first kappa shape index (κ1) is 40.9. The fraction of sp³-hybridized carbons (Fsp3) is 0.0333. The molecule has 0 aliphatic carbocycles. The third-order valence-electron chi connectivity index (χ3n) is 6.96. The van der Waals surface area contributed by atoms with Gasteiger partial charge in [-0.05, 0) is 23.6 Å². The molecular weight excluding hydrogens is 755 g/mol. The van der Waals surface area contributed by atoms with Crippen LogP contribution in [0.4, 0.5) is 34.1 Å². The smallest absolute Gasteiger partial charge is 0.506 e. The zero-order valence-electron chi connectivity index (χ0n) is 27.6. The number of azo groups is 2. The summed E-state index contributed by atoms with van der Waals surface area (Å²) in [7, 11) is -4.81. The Labute approximate surface area is 325 Å². The number of nitrogens with one attached hydrogen (secondary N) is 1. The number of rotatable bonds is 7. The number of H-pyrrole nitrogens is 1. The standard InChI is InChI=1S/C20H13N3O7S.C10H8N5O4.Cr.Na/c24-16-8-5-11-3-1-2-4-13(11)19(16)21-22-20-14-7-6-12(23(26)27)9-15(14)18(10-17(20)25)31(28,29)30;1-5-9(10(17)14-11-5)13-12-7-4-6(15(18)19)2-3-8(7)16;;/h1-10,24-25H,(H,28,29,30);2-4,16H,1H3,(H,14,17);;/q;-1;;+1/p+1. The fourth-order valence-corrected chi connectivity index (χ4v) is 5.27. The second-order valence-electron chi connectivity index (χ2n) is 10.2. The van der Waals surface area contributed by atoms with Crippen LogP contribution < -0.4 is 35.1 Å². The molecule has 260 valence electrons. The number of aryl methyl sites for hydroxylation is 1. The van der Waals surface area contributed by atoms with Gasteiger partial charge >= 0.3 is 31.0 Å². The molecule has 5 aromatic carbocycles. The van der Waals surface area contributed by atoms with Crippen molar-refractivity contribution >= 4 is 65.8 Å². The Bertz CT molecular complexity index is 2580. The second kappa shape index (κ2) is 16.7. The molecule has 0 bridgehead atoms. The largest absolute Gasteiger partial charge is 1.00 e. The van der Waals surface area contributed by atoms with E-state index in [2.05, 4.69) is 30.7 Å². The number of nitro groups is 2. The van der Waals surface area contributed by atoms with Crippen molar-refractivity contribution in [2.45, 2.75) is 11.8 Å². The van der Waals surface area contributed by atoms with E-state index in [1.165, 1.54) is 12.1 Å². The van der Waals surface area contributed by atoms with Crippen LogP contribution >= 0.6 is 0 Å². The first-order valence-electron chi connectivity index (χ1n) is 13.8. The Morgan fingerprint density at radius 2 is 1.38 bits per heavy atom. The molecule has 0 atom stereocenters. The van der Waals surface area contributed by atoms with Crippen LogP contribution in [0.25, 0.3) is 21.5 Å². The van der Waals surface area contributed by atoms with Gasteiger partial charge < -0.3 is 25.2 Å². The van der Waals surface area contributed by atoms with Crippen LogP contribution in [0, 0.1) is 27.2 Å². The Balaban J connectivity index is 0.000000384. The number of hydrogen-bond acceptors (Lipinski definition) is 15. The molecule has 0 aliphatic heterocycles. The van der Waals surface area contributed by atoms with Crippen LogP contribution in [-0.2, 0) is 27.5 Å². The number of fused-ring (bicyclic) bond motifs is 2. The number of non-ortho nitro benzene ring substituents is 2. The number of hydrogen-bond donors (Lipinski definition) is 5. The number of benzene rings is 5. The number of nitro benzene ring substituents is 2. The average molecular weight is 778 g/mol. The molecule has 0 unspecified atom stereocenters. The predicted molar refractivity (Wildman–Crippen MR) is 177 cm³/mol. The molecule has 52 heavy (non-hydrogen) atoms. The van der Waals surface area contributed by atoms with Crippen LogP contribution in [-0.4, -0.2) is 48.3 Å². The summed E-state index contributed by atoms with van der Waals surface area (Å²) in [5.41, 5.74) is -1.02. The van der Waals surface area contributed by atoms with Gasteiger partial charge in [-0.15, -0.1) is 15.9 Å². The molecule has 19 nitrogen and oxygen atoms in total. The Kier molecular flexibility index (Phi) is 13.1. The third-order valence-corrected chi connectivity index (χ3v) is 7.86. The number of nitrogens with zero attached hydrogens (tertiary/aromatic N) is 7. The predicted octanol–water partition coefficient (Wildman–Crippen LogP) is 3.91. The van der Waals surface area contributed by atoms with Crippen LogP contribution in [0.5, 0.6) is 17.2 Å². The minimum absolute atomic E-state index is 0. The summed E-state index contributed by atoms with van der Waals surface area (Å²) in [4.78, 5) is 30.9. The number of aromatic hydroxyl groups is 3. The minimum atomic E-state index is -4.81. The summed E-state index contributed by atoms with van der Waals surface area (Å²) in [6.07, 6.45) is 0. The van der Waals surface area contributed by atoms with Crippen molar-refractivity contribution in [1.29, 1.82) is 0 Å². The Hall–Kier alpha value is -5.53. The molecule has 0 radical (unpaired) electrons. The molecule has 6 aromatic rings. The van der Waals surface area contributed by atoms with Gasteiger partial charge in [0, 0.05) is 63.9 Å². The summed E-state index contributed by atoms with van der Waals surface area (Å²) >= 11 is 0. The van der Waals surface area contributed by atoms with Crippen molar-refractivity contribution < 1.29 is 86.5 Å². The van der Waals surface area contributed by atoms with Crippen LogP contribution in [0.3, 0.4) is 0 Å². The number of aromatic nitrogens is 2. The van der Waals surface area contributed by atoms with E-state index in [1.54, 1.807) is 37.3 Å². The second-order valence-corrected chi connectivity index (χ2v) is 11.6. The van der Waals surface area contributed by atoms with Gasteiger partial charge in [-0.2, -0.15) is 13.5 Å². The first-order chi connectivity index (χ1) is 23.6. The maximum absolute atomic E-state index is 11.7. The van der Waals surface area contributed by atoms with E-state index in [0.29, 0.717) is 11.1 Å². The fourth-order valence-electron chi connectivity index (χ4n) is 4.56. The molecule has 0 saturated carbocycles. The minimum Gasteiger partial charge on any atom is -0.506 e. The molecule has 0 saturated heterocycles. The molecule has 0 fully saturated rings. The van der Waals surface area contributed by atoms with E-state index in [4.69, 9.17) is 0 Å². The molecule has 22 heteroatoms. The molecule has 0 aliphatic rings.